The van der Waals surface area contributed by atoms with Gasteiger partial charge in [-0.25, -0.2) is 8.42 Å². The van der Waals surface area contributed by atoms with Crippen LogP contribution in [0, 0.1) is 0 Å². The molecule has 2 aliphatic heterocycles. The number of sulfonamides is 1. The molecular weight excluding hydrogens is 376 g/mol. The highest BCUT2D eigenvalue weighted by atomic mass is 32.2. The zero-order valence-corrected chi connectivity index (χ0v) is 16.7. The Kier molecular flexibility index (Phi) is 5.85. The normalized spacial score (nSPS) is 17.1. The Labute approximate surface area is 166 Å². The van der Waals surface area contributed by atoms with Crippen LogP contribution in [-0.4, -0.2) is 52.0 Å². The molecule has 150 valence electrons. The minimum atomic E-state index is -3.41. The van der Waals surface area contributed by atoms with Crippen molar-refractivity contribution in [1.29, 1.82) is 0 Å². The van der Waals surface area contributed by atoms with Crippen LogP contribution in [0.2, 0.25) is 0 Å². The molecule has 0 saturated carbocycles. The van der Waals surface area contributed by atoms with E-state index in [-0.39, 0.29) is 5.75 Å². The van der Waals surface area contributed by atoms with Gasteiger partial charge in [0.2, 0.25) is 10.0 Å². The Morgan fingerprint density at radius 2 is 1.86 bits per heavy atom. The summed E-state index contributed by atoms with van der Waals surface area (Å²) < 4.78 is 38.7. The number of hydrogen-bond donors (Lipinski definition) is 1. The molecule has 0 unspecified atom stereocenters. The summed E-state index contributed by atoms with van der Waals surface area (Å²) in [5.41, 5.74) is 3.91. The van der Waals surface area contributed by atoms with Crippen molar-refractivity contribution in [3.8, 4) is 5.75 Å². The van der Waals surface area contributed by atoms with E-state index in [9.17, 15) is 8.42 Å². The molecule has 7 heteroatoms. The van der Waals surface area contributed by atoms with Crippen molar-refractivity contribution in [3.63, 3.8) is 0 Å². The van der Waals surface area contributed by atoms with E-state index in [1.54, 1.807) is 6.07 Å². The topological polar surface area (TPSA) is 67.9 Å². The fraction of sp³-hybridized carbons (Fsp3) is 0.429. The van der Waals surface area contributed by atoms with Gasteiger partial charge < -0.3 is 9.47 Å². The maximum absolute atomic E-state index is 12.5. The predicted molar refractivity (Wildman–Crippen MR) is 109 cm³/mol. The first kappa shape index (κ1) is 19.2. The molecule has 0 amide bonds. The lowest BCUT2D eigenvalue weighted by Crippen LogP contribution is -2.35. The van der Waals surface area contributed by atoms with Gasteiger partial charge in [0.15, 0.2) is 0 Å². The number of aryl methyl sites for hydroxylation is 1. The van der Waals surface area contributed by atoms with Crippen molar-refractivity contribution in [2.75, 3.05) is 43.4 Å². The average Bonchev–Trinajstić information content (AvgIpc) is 3.15. The smallest absolute Gasteiger partial charge is 0.233 e. The highest BCUT2D eigenvalue weighted by Crippen LogP contribution is 2.26. The molecule has 2 aliphatic rings. The second-order valence-corrected chi connectivity index (χ2v) is 9.14. The van der Waals surface area contributed by atoms with Gasteiger partial charge in [0.1, 0.15) is 5.75 Å². The number of morpholine rings is 1. The summed E-state index contributed by atoms with van der Waals surface area (Å²) in [4.78, 5) is 2.31. The van der Waals surface area contributed by atoms with Crippen molar-refractivity contribution in [1.82, 2.24) is 4.90 Å². The quantitative estimate of drug-likeness (QED) is 0.771. The van der Waals surface area contributed by atoms with E-state index in [2.05, 4.69) is 15.7 Å². The minimum Gasteiger partial charge on any atom is -0.493 e. The van der Waals surface area contributed by atoms with E-state index in [4.69, 9.17) is 9.47 Å². The van der Waals surface area contributed by atoms with Crippen molar-refractivity contribution in [2.45, 2.75) is 19.4 Å². The third kappa shape index (κ3) is 5.04. The van der Waals surface area contributed by atoms with Gasteiger partial charge in [-0.05, 0) is 41.3 Å². The summed E-state index contributed by atoms with van der Waals surface area (Å²) in [5.74, 6) is 0.974. The first-order valence-corrected chi connectivity index (χ1v) is 11.4. The van der Waals surface area contributed by atoms with Crippen LogP contribution in [0.4, 0.5) is 5.69 Å². The molecule has 0 radical (unpaired) electrons. The molecule has 6 nitrogen and oxygen atoms in total. The molecular formula is C21H26N2O4S. The van der Waals surface area contributed by atoms with Crippen LogP contribution >= 0.6 is 0 Å². The maximum atomic E-state index is 12.5. The first-order chi connectivity index (χ1) is 13.6. The highest BCUT2D eigenvalue weighted by Gasteiger charge is 2.15. The summed E-state index contributed by atoms with van der Waals surface area (Å²) in [5, 5.41) is 0. The molecule has 2 aromatic rings. The summed E-state index contributed by atoms with van der Waals surface area (Å²) >= 11 is 0. The van der Waals surface area contributed by atoms with Crippen LogP contribution < -0.4 is 9.46 Å². The van der Waals surface area contributed by atoms with Gasteiger partial charge in [0, 0.05) is 31.7 Å². The van der Waals surface area contributed by atoms with Crippen LogP contribution in [0.5, 0.6) is 5.75 Å². The number of ether oxygens (including phenoxy) is 2. The SMILES string of the molecule is O=S(=O)(CCc1ccc2c(c1)CCO2)Nc1cccc(CN2CCOCC2)c1. The standard InChI is InChI=1S/C21H26N2O4S/c24-28(25,13-7-17-4-5-21-19(14-17)6-10-27-21)22-20-3-1-2-18(15-20)16-23-8-11-26-12-9-23/h1-5,14-15,22H,6-13,16H2. The van der Waals surface area contributed by atoms with Gasteiger partial charge >= 0.3 is 0 Å². The van der Waals surface area contributed by atoms with Crippen molar-refractivity contribution < 1.29 is 17.9 Å². The number of nitrogens with one attached hydrogen (secondary N) is 1. The second-order valence-electron chi connectivity index (χ2n) is 7.30. The molecule has 0 aromatic heterocycles. The summed E-state index contributed by atoms with van der Waals surface area (Å²) in [6.45, 7) is 4.82. The molecule has 1 saturated heterocycles. The van der Waals surface area contributed by atoms with Crippen molar-refractivity contribution >= 4 is 15.7 Å². The molecule has 0 atom stereocenters. The lowest BCUT2D eigenvalue weighted by molar-refractivity contribution is 0.0342. The van der Waals surface area contributed by atoms with E-state index in [0.29, 0.717) is 18.7 Å². The van der Waals surface area contributed by atoms with Crippen LogP contribution in [-0.2, 0) is 34.1 Å². The van der Waals surface area contributed by atoms with Crippen molar-refractivity contribution in [3.05, 3.63) is 59.2 Å². The molecule has 28 heavy (non-hydrogen) atoms. The molecule has 4 rings (SSSR count). The lowest BCUT2D eigenvalue weighted by Gasteiger charge is -2.26. The molecule has 1 N–H and O–H groups in total. The van der Waals surface area contributed by atoms with E-state index < -0.39 is 10.0 Å². The molecule has 1 fully saturated rings. The van der Waals surface area contributed by atoms with Crippen LogP contribution in [0.25, 0.3) is 0 Å². The maximum Gasteiger partial charge on any atom is 0.233 e. The third-order valence-corrected chi connectivity index (χ3v) is 6.41. The summed E-state index contributed by atoms with van der Waals surface area (Å²) in [6, 6.07) is 13.6. The molecule has 0 aliphatic carbocycles. The Morgan fingerprint density at radius 3 is 2.71 bits per heavy atom. The zero-order valence-electron chi connectivity index (χ0n) is 15.9. The Hall–Kier alpha value is -2.09. The zero-order chi connectivity index (χ0) is 19.4. The van der Waals surface area contributed by atoms with Crippen LogP contribution in [0.15, 0.2) is 42.5 Å². The summed E-state index contributed by atoms with van der Waals surface area (Å²) in [7, 11) is -3.41. The van der Waals surface area contributed by atoms with Gasteiger partial charge in [-0.3, -0.25) is 9.62 Å². The molecule has 2 aromatic carbocycles. The molecule has 2 heterocycles. The van der Waals surface area contributed by atoms with Crippen molar-refractivity contribution in [2.24, 2.45) is 0 Å². The van der Waals surface area contributed by atoms with E-state index in [1.807, 2.05) is 30.3 Å². The van der Waals surface area contributed by atoms with Gasteiger partial charge in [-0.15, -0.1) is 0 Å². The fourth-order valence-electron chi connectivity index (χ4n) is 3.63. The first-order valence-electron chi connectivity index (χ1n) is 9.72. The highest BCUT2D eigenvalue weighted by molar-refractivity contribution is 7.92. The number of benzene rings is 2. The molecule has 0 bridgehead atoms. The number of rotatable bonds is 7. The largest absolute Gasteiger partial charge is 0.493 e. The predicted octanol–water partition coefficient (Wildman–Crippen LogP) is 2.44. The molecule has 0 spiro atoms. The van der Waals surface area contributed by atoms with Crippen LogP contribution in [0.1, 0.15) is 16.7 Å². The Bertz CT molecular complexity index is 924. The monoisotopic (exact) mass is 402 g/mol. The lowest BCUT2D eigenvalue weighted by atomic mass is 10.1. The van der Waals surface area contributed by atoms with Crippen LogP contribution in [0.3, 0.4) is 0 Å². The van der Waals surface area contributed by atoms with Gasteiger partial charge in [0.05, 0.1) is 25.6 Å². The van der Waals surface area contributed by atoms with E-state index in [1.165, 1.54) is 5.56 Å². The van der Waals surface area contributed by atoms with Gasteiger partial charge in [-0.2, -0.15) is 0 Å². The average molecular weight is 403 g/mol. The number of fused-ring (bicyclic) bond motifs is 1. The third-order valence-electron chi connectivity index (χ3n) is 5.12. The number of hydrogen-bond acceptors (Lipinski definition) is 5. The van der Waals surface area contributed by atoms with Gasteiger partial charge in [0.25, 0.3) is 0 Å². The fourth-order valence-corrected chi connectivity index (χ4v) is 4.72. The van der Waals surface area contributed by atoms with E-state index in [0.717, 1.165) is 56.1 Å². The van der Waals surface area contributed by atoms with Gasteiger partial charge in [-0.1, -0.05) is 24.3 Å². The Balaban J connectivity index is 1.35. The summed E-state index contributed by atoms with van der Waals surface area (Å²) in [6.07, 6.45) is 1.38. The number of anilines is 1. The second kappa shape index (κ2) is 8.51. The Morgan fingerprint density at radius 1 is 1.00 bits per heavy atom. The minimum absolute atomic E-state index is 0.0559. The number of nitrogens with zero attached hydrogens (tertiary/aromatic N) is 1. The van der Waals surface area contributed by atoms with E-state index >= 15 is 0 Å².